The van der Waals surface area contributed by atoms with Crippen molar-refractivity contribution in [3.8, 4) is 0 Å². The molecule has 3 aliphatic rings. The van der Waals surface area contributed by atoms with Crippen LogP contribution < -0.4 is 0 Å². The predicted octanol–water partition coefficient (Wildman–Crippen LogP) is 6.20. The summed E-state index contributed by atoms with van der Waals surface area (Å²) >= 11 is 0. The molecule has 3 aliphatic heterocycles. The van der Waals surface area contributed by atoms with Crippen LogP contribution in [0.1, 0.15) is 54.0 Å². The summed E-state index contributed by atoms with van der Waals surface area (Å²) in [5.41, 5.74) is -1.92. The molecule has 3 heterocycles. The lowest BCUT2D eigenvalue weighted by Crippen LogP contribution is -2.40. The average molecular weight is 571 g/mol. The highest BCUT2D eigenvalue weighted by Gasteiger charge is 2.49. The molecule has 0 aromatic heterocycles. The Morgan fingerprint density at radius 3 is 2.12 bits per heavy atom. The Morgan fingerprint density at radius 2 is 1.57 bits per heavy atom. The summed E-state index contributed by atoms with van der Waals surface area (Å²) in [6.45, 7) is 1.51. The Hall–Kier alpha value is -3.41. The van der Waals surface area contributed by atoms with Gasteiger partial charge in [0, 0.05) is 30.5 Å². The van der Waals surface area contributed by atoms with Gasteiger partial charge < -0.3 is 14.4 Å². The van der Waals surface area contributed by atoms with Gasteiger partial charge >= 0.3 is 18.3 Å². The molecular weight excluding hydrogens is 547 g/mol. The van der Waals surface area contributed by atoms with E-state index in [1.807, 2.05) is 0 Å². The summed E-state index contributed by atoms with van der Waals surface area (Å²) in [5, 5.41) is 0. The molecule has 2 aromatic carbocycles. The number of carbonyl (C=O) groups excluding carboxylic acids is 2. The predicted molar refractivity (Wildman–Crippen MR) is 126 cm³/mol. The molecular formula is C28H24F7NO4. The second-order valence-electron chi connectivity index (χ2n) is 10.3. The van der Waals surface area contributed by atoms with Crippen molar-refractivity contribution in [3.63, 3.8) is 0 Å². The zero-order valence-electron chi connectivity index (χ0n) is 21.1. The molecule has 214 valence electrons. The van der Waals surface area contributed by atoms with Gasteiger partial charge in [0.1, 0.15) is 5.82 Å². The number of cyclic esters (lactones) is 1. The molecule has 0 radical (unpaired) electrons. The molecule has 2 aromatic rings. The molecule has 0 bridgehead atoms. The molecule has 40 heavy (non-hydrogen) atoms. The molecule has 2 saturated heterocycles. The van der Waals surface area contributed by atoms with Gasteiger partial charge in [0.15, 0.2) is 0 Å². The van der Waals surface area contributed by atoms with Crippen LogP contribution in [-0.2, 0) is 31.4 Å². The topological polar surface area (TPSA) is 55.8 Å². The van der Waals surface area contributed by atoms with E-state index in [4.69, 9.17) is 9.47 Å². The highest BCUT2D eigenvalue weighted by atomic mass is 19.4. The van der Waals surface area contributed by atoms with Gasteiger partial charge in [-0.1, -0.05) is 17.7 Å². The number of hydrogen-bond acceptors (Lipinski definition) is 4. The van der Waals surface area contributed by atoms with Gasteiger partial charge in [0.05, 0.1) is 36.4 Å². The maximum absolute atomic E-state index is 13.7. The van der Waals surface area contributed by atoms with E-state index < -0.39 is 53.5 Å². The molecule has 1 amide bonds. The van der Waals surface area contributed by atoms with Gasteiger partial charge in [-0.25, -0.2) is 4.39 Å². The van der Waals surface area contributed by atoms with E-state index in [9.17, 15) is 40.3 Å². The van der Waals surface area contributed by atoms with Crippen molar-refractivity contribution in [2.24, 2.45) is 5.92 Å². The van der Waals surface area contributed by atoms with Crippen LogP contribution in [0.2, 0.25) is 0 Å². The van der Waals surface area contributed by atoms with Crippen molar-refractivity contribution >= 4 is 11.9 Å². The first kappa shape index (κ1) is 28.1. The molecule has 5 rings (SSSR count). The van der Waals surface area contributed by atoms with Gasteiger partial charge in [-0.2, -0.15) is 26.3 Å². The van der Waals surface area contributed by atoms with Gasteiger partial charge in [-0.15, -0.1) is 0 Å². The molecule has 0 spiro atoms. The summed E-state index contributed by atoms with van der Waals surface area (Å²) in [4.78, 5) is 26.3. The molecule has 12 heteroatoms. The van der Waals surface area contributed by atoms with E-state index in [1.165, 1.54) is 37.3 Å². The van der Waals surface area contributed by atoms with Crippen LogP contribution in [0, 0.1) is 11.7 Å². The van der Waals surface area contributed by atoms with Crippen LogP contribution in [0.4, 0.5) is 30.7 Å². The molecule has 0 aliphatic carbocycles. The number of rotatable bonds is 5. The van der Waals surface area contributed by atoms with Gasteiger partial charge in [-0.3, -0.25) is 9.59 Å². The van der Waals surface area contributed by atoms with Crippen LogP contribution in [-0.4, -0.2) is 42.1 Å². The summed E-state index contributed by atoms with van der Waals surface area (Å²) < 4.78 is 106. The summed E-state index contributed by atoms with van der Waals surface area (Å²) in [6.07, 6.45) is -10.1. The monoisotopic (exact) mass is 571 g/mol. The number of alkyl halides is 6. The van der Waals surface area contributed by atoms with E-state index in [2.05, 4.69) is 0 Å². The van der Waals surface area contributed by atoms with E-state index in [0.29, 0.717) is 29.7 Å². The third-order valence-electron chi connectivity index (χ3n) is 7.73. The van der Waals surface area contributed by atoms with Crippen molar-refractivity contribution in [1.29, 1.82) is 0 Å². The smallest absolute Gasteiger partial charge is 0.416 e. The van der Waals surface area contributed by atoms with Crippen molar-refractivity contribution < 1.29 is 49.8 Å². The highest BCUT2D eigenvalue weighted by molar-refractivity contribution is 5.90. The van der Waals surface area contributed by atoms with Crippen LogP contribution in [0.5, 0.6) is 0 Å². The second-order valence-corrected chi connectivity index (χ2v) is 10.3. The van der Waals surface area contributed by atoms with Gasteiger partial charge in [0.25, 0.3) is 0 Å². The minimum Gasteiger partial charge on any atom is -0.465 e. The lowest BCUT2D eigenvalue weighted by Gasteiger charge is -2.34. The molecule has 0 N–H and O–H groups in total. The number of esters is 1. The van der Waals surface area contributed by atoms with Crippen molar-refractivity contribution in [2.45, 2.75) is 56.3 Å². The molecule has 2 fully saturated rings. The standard InChI is InChI=1S/C28H24F7NO4/c1-14(16-6-19(27(30,31)32)11-20(7-16)28(33,34)35)40-23-12-36-22(26(23)15-2-4-21(29)5-3-15)8-17(9-24(36)37)18-10-25(38)39-13-18/h2-7,9,11,14,18,22-23,26H,8,10,12-13H2,1H3/t14-,18?,22?,23+,26?/m1/s1. The quantitative estimate of drug-likeness (QED) is 0.317. The first-order valence-corrected chi connectivity index (χ1v) is 12.6. The number of halogens is 7. The fourth-order valence-corrected chi connectivity index (χ4v) is 5.76. The third kappa shape index (κ3) is 5.59. The minimum absolute atomic E-state index is 0.0187. The summed E-state index contributed by atoms with van der Waals surface area (Å²) in [7, 11) is 0. The van der Waals surface area contributed by atoms with E-state index in [0.717, 1.165) is 0 Å². The number of amides is 1. The van der Waals surface area contributed by atoms with Crippen molar-refractivity contribution in [3.05, 3.63) is 82.2 Å². The van der Waals surface area contributed by atoms with Crippen LogP contribution in [0.3, 0.4) is 0 Å². The van der Waals surface area contributed by atoms with Crippen LogP contribution in [0.25, 0.3) is 0 Å². The Labute approximate surface area is 224 Å². The van der Waals surface area contributed by atoms with Crippen LogP contribution in [0.15, 0.2) is 54.1 Å². The number of nitrogens with zero attached hydrogens (tertiary/aromatic N) is 1. The number of hydrogen-bond donors (Lipinski definition) is 0. The Kier molecular flexibility index (Phi) is 7.18. The maximum atomic E-state index is 13.7. The molecule has 0 saturated carbocycles. The number of fused-ring (bicyclic) bond motifs is 1. The van der Waals surface area contributed by atoms with E-state index in [1.54, 1.807) is 4.90 Å². The highest BCUT2D eigenvalue weighted by Crippen LogP contribution is 2.45. The van der Waals surface area contributed by atoms with Crippen LogP contribution >= 0.6 is 0 Å². The molecule has 5 atom stereocenters. The van der Waals surface area contributed by atoms with Gasteiger partial charge in [0.2, 0.25) is 5.91 Å². The summed E-state index contributed by atoms with van der Waals surface area (Å²) in [6, 6.07) is 6.29. The Balaban J connectivity index is 1.47. The largest absolute Gasteiger partial charge is 0.465 e. The van der Waals surface area contributed by atoms with Gasteiger partial charge in [-0.05, 0) is 54.8 Å². The second kappa shape index (κ2) is 10.2. The SMILES string of the molecule is C[C@@H](O[C@H]1CN2C(=O)C=C(C3COC(=O)C3)CC2C1c1ccc(F)cc1)c1cc(C(F)(F)F)cc(C(F)(F)F)c1. The Bertz CT molecular complexity index is 1300. The average Bonchev–Trinajstić information content (AvgIpc) is 3.47. The lowest BCUT2D eigenvalue weighted by molar-refractivity contribution is -0.143. The molecule has 3 unspecified atom stereocenters. The van der Waals surface area contributed by atoms with E-state index in [-0.39, 0.29) is 49.0 Å². The fourth-order valence-electron chi connectivity index (χ4n) is 5.76. The summed E-state index contributed by atoms with van der Waals surface area (Å²) in [5.74, 6) is -2.08. The first-order valence-electron chi connectivity index (χ1n) is 12.6. The van der Waals surface area contributed by atoms with Crippen molar-refractivity contribution in [1.82, 2.24) is 4.90 Å². The molecule has 5 nitrogen and oxygen atoms in total. The first-order chi connectivity index (χ1) is 18.7. The number of benzene rings is 2. The lowest BCUT2D eigenvalue weighted by atomic mass is 9.81. The Morgan fingerprint density at radius 1 is 0.950 bits per heavy atom. The van der Waals surface area contributed by atoms with E-state index >= 15 is 0 Å². The van der Waals surface area contributed by atoms with Crippen molar-refractivity contribution in [2.75, 3.05) is 13.2 Å². The zero-order valence-corrected chi connectivity index (χ0v) is 21.1. The number of carbonyl (C=O) groups is 2. The number of ether oxygens (including phenoxy) is 2. The maximum Gasteiger partial charge on any atom is 0.416 e. The zero-order chi connectivity index (χ0) is 29.0. The normalized spacial score (nSPS) is 26.0. The fraction of sp³-hybridized carbons (Fsp3) is 0.429. The third-order valence-corrected chi connectivity index (χ3v) is 7.73. The minimum atomic E-state index is -5.01.